The highest BCUT2D eigenvalue weighted by Crippen LogP contribution is 2.45. The maximum Gasteiger partial charge on any atom is 0.410 e. The topological polar surface area (TPSA) is 286 Å². The number of amides is 3. The van der Waals surface area contributed by atoms with Crippen molar-refractivity contribution in [2.24, 2.45) is 11.5 Å². The number of nitrogens with two attached hydrogens (primary N) is 2. The Hall–Kier alpha value is -5.98. The molecule has 0 aromatic heterocycles. The predicted octanol–water partition coefficient (Wildman–Crippen LogP) is 10.7. The SMILES string of the molecule is C.C.C1CCNC1.C1COCCN1.CCN.CCN(CC)C(=O)c1ccc(C2=CC3(CCN(C(=O)OC(C)(C)C)CC3)Oc3cc(CO)ccc32)cc1.CCN(CC)C(=O)c1ccc(C2=CC3(CCNCC3)Oc3cc(CO)ccc32)cc1.CCNCC.CN.CNC.Cl.N. The van der Waals surface area contributed by atoms with Crippen LogP contribution in [-0.2, 0) is 22.7 Å². The van der Waals surface area contributed by atoms with Crippen molar-refractivity contribution in [3.8, 4) is 11.5 Å². The maximum absolute atomic E-state index is 12.8. The van der Waals surface area contributed by atoms with E-state index in [2.05, 4.69) is 58.3 Å². The molecule has 540 valence electrons. The lowest BCUT2D eigenvalue weighted by molar-refractivity contribution is -0.00124. The molecule has 14 N–H and O–H groups in total. The minimum absolute atomic E-state index is 0. The zero-order valence-electron chi connectivity index (χ0n) is 58.8. The number of nitrogens with one attached hydrogen (secondary N) is 5. The molecule has 10 rings (SSSR count). The van der Waals surface area contributed by atoms with E-state index in [4.69, 9.17) is 24.7 Å². The second-order valence-corrected chi connectivity index (χ2v) is 23.4. The highest BCUT2D eigenvalue weighted by atomic mass is 35.5. The van der Waals surface area contributed by atoms with E-state index in [1.54, 1.807) is 4.90 Å². The second kappa shape index (κ2) is 49.5. The first-order chi connectivity index (χ1) is 43.9. The van der Waals surface area contributed by atoms with Gasteiger partial charge in [0.2, 0.25) is 0 Å². The summed E-state index contributed by atoms with van der Waals surface area (Å²) in [6.07, 6.45) is 9.94. The molecular formula is C74H128ClN11O9. The summed E-state index contributed by atoms with van der Waals surface area (Å²) in [6, 6.07) is 27.3. The lowest BCUT2D eigenvalue weighted by Gasteiger charge is -2.43. The number of nitrogens with zero attached hydrogens (tertiary/aromatic N) is 3. The fourth-order valence-electron chi connectivity index (χ4n) is 10.7. The number of rotatable bonds is 12. The molecule has 4 aromatic carbocycles. The fourth-order valence-corrected chi connectivity index (χ4v) is 10.7. The number of aliphatic hydroxyl groups excluding tert-OH is 2. The molecule has 0 saturated carbocycles. The molecule has 0 radical (unpaired) electrons. The van der Waals surface area contributed by atoms with Crippen LogP contribution in [0.4, 0.5) is 4.79 Å². The number of halogens is 1. The van der Waals surface area contributed by atoms with Crippen LogP contribution in [0.25, 0.3) is 11.1 Å². The molecule has 0 aliphatic carbocycles. The Labute approximate surface area is 579 Å². The van der Waals surface area contributed by atoms with Crippen LogP contribution in [0.1, 0.15) is 177 Å². The van der Waals surface area contributed by atoms with E-state index in [1.165, 1.54) is 33.0 Å². The average molecular weight is 1350 g/mol. The van der Waals surface area contributed by atoms with Crippen LogP contribution in [0.3, 0.4) is 0 Å². The molecule has 20 nitrogen and oxygen atoms in total. The Morgan fingerprint density at radius 1 is 0.600 bits per heavy atom. The Morgan fingerprint density at radius 2 is 0.958 bits per heavy atom. The van der Waals surface area contributed by atoms with Crippen molar-refractivity contribution in [2.75, 3.05) is 133 Å². The number of piperidine rings is 2. The summed E-state index contributed by atoms with van der Waals surface area (Å²) in [6.45, 7) is 34.5. The van der Waals surface area contributed by atoms with Gasteiger partial charge in [0.15, 0.2) is 0 Å². The summed E-state index contributed by atoms with van der Waals surface area (Å²) < 4.78 is 23.6. The van der Waals surface area contributed by atoms with Gasteiger partial charge in [-0.1, -0.05) is 84.2 Å². The molecule has 4 fully saturated rings. The highest BCUT2D eigenvalue weighted by Gasteiger charge is 2.41. The molecule has 95 heavy (non-hydrogen) atoms. The van der Waals surface area contributed by atoms with E-state index in [0.29, 0.717) is 63.2 Å². The number of hydrogen-bond donors (Lipinski definition) is 10. The standard InChI is InChI=1S/C30H38N2O5.C25H30N2O3.C4H9NO.C4H9N.C4H11N.2C2H7N.CH5N.2CH4.ClH.H3N/c1-6-31(7-2)27(34)23-11-9-22(10-12-23)25-19-30(36-26-18-21(20-33)8-13-24(25)26)14-16-32(17-15-30)28(35)37-29(3,4)5;1-3-27(4-2)24(29)20-8-6-19(7-9-20)22-16-25(11-13-26-14-12-25)30-23-15-18(17-28)5-10-21(22)23;1-3-6-4-2-5-1;1-2-4-5-3-1;1-3-5-4-2;1-3-2;1-2-3;1-2;;;;/h8-13,18-19,33H,6-7,14-17,20H2,1-5H3;5-10,15-16,26,28H,3-4,11-14,17H2,1-2H3;5H,1-4H2;5H,1-4H2;5H,3-4H2,1-2H3;3H,1-2H3;2-3H2,1H3;2H2,1H3;2*1H4;1H;1H3. The van der Waals surface area contributed by atoms with Crippen LogP contribution < -0.4 is 53.7 Å². The van der Waals surface area contributed by atoms with Gasteiger partial charge >= 0.3 is 6.09 Å². The summed E-state index contributed by atoms with van der Waals surface area (Å²) in [5, 5.41) is 34.9. The Bertz CT molecular complexity index is 2750. The number of carbonyl (C=O) groups excluding carboxylic acids is 3. The van der Waals surface area contributed by atoms with Crippen molar-refractivity contribution < 1.29 is 43.5 Å². The zero-order valence-corrected chi connectivity index (χ0v) is 59.6. The van der Waals surface area contributed by atoms with Gasteiger partial charge in [0.05, 0.1) is 26.4 Å². The summed E-state index contributed by atoms with van der Waals surface area (Å²) in [4.78, 5) is 43.5. The van der Waals surface area contributed by atoms with Crippen LogP contribution in [0.2, 0.25) is 0 Å². The largest absolute Gasteiger partial charge is 0.482 e. The van der Waals surface area contributed by atoms with Gasteiger partial charge in [0, 0.05) is 100 Å². The molecule has 3 amide bonds. The van der Waals surface area contributed by atoms with E-state index in [0.717, 1.165) is 128 Å². The van der Waals surface area contributed by atoms with Crippen molar-refractivity contribution >= 4 is 41.5 Å². The fraction of sp³-hybridized carbons (Fsp3) is 0.581. The maximum atomic E-state index is 12.8. The Morgan fingerprint density at radius 3 is 1.24 bits per heavy atom. The third-order valence-electron chi connectivity index (χ3n) is 15.5. The molecule has 0 atom stereocenters. The van der Waals surface area contributed by atoms with Crippen LogP contribution in [0, 0.1) is 0 Å². The molecule has 0 bridgehead atoms. The van der Waals surface area contributed by atoms with E-state index >= 15 is 0 Å². The predicted molar refractivity (Wildman–Crippen MR) is 398 cm³/mol. The number of likely N-dealkylation sites (tertiary alicyclic amines) is 1. The lowest BCUT2D eigenvalue weighted by atomic mass is 9.82. The van der Waals surface area contributed by atoms with Gasteiger partial charge < -0.3 is 88.1 Å². The summed E-state index contributed by atoms with van der Waals surface area (Å²) in [5.41, 5.74) is 17.1. The van der Waals surface area contributed by atoms with Crippen LogP contribution in [0.15, 0.2) is 97.1 Å². The molecule has 6 aliphatic rings. The van der Waals surface area contributed by atoms with Gasteiger partial charge in [0.1, 0.15) is 28.3 Å². The van der Waals surface area contributed by atoms with Crippen molar-refractivity contribution in [2.45, 2.75) is 153 Å². The van der Waals surface area contributed by atoms with E-state index < -0.39 is 11.2 Å². The van der Waals surface area contributed by atoms with Crippen LogP contribution in [-0.4, -0.2) is 192 Å². The van der Waals surface area contributed by atoms with E-state index in [-0.39, 0.29) is 70.1 Å². The molecule has 0 unspecified atom stereocenters. The normalized spacial score (nSPS) is 15.5. The Kier molecular flexibility index (Phi) is 47.5. The van der Waals surface area contributed by atoms with Gasteiger partial charge in [-0.3, -0.25) is 9.59 Å². The van der Waals surface area contributed by atoms with Crippen LogP contribution >= 0.6 is 12.4 Å². The molecule has 6 aliphatic heterocycles. The minimum Gasteiger partial charge on any atom is -0.482 e. The van der Waals surface area contributed by atoms with Gasteiger partial charge in [0.25, 0.3) is 11.8 Å². The minimum atomic E-state index is -0.579. The number of benzene rings is 4. The molecule has 4 aromatic rings. The molecule has 21 heteroatoms. The summed E-state index contributed by atoms with van der Waals surface area (Å²) in [7, 11) is 5.25. The molecule has 6 heterocycles. The van der Waals surface area contributed by atoms with E-state index in [1.807, 2.05) is 164 Å². The number of aliphatic hydroxyl groups is 2. The number of hydrogen-bond acceptors (Lipinski definition) is 17. The van der Waals surface area contributed by atoms with Gasteiger partial charge in [-0.15, -0.1) is 12.4 Å². The molecular weight excluding hydrogens is 1220 g/mol. The average Bonchev–Trinajstić information content (AvgIpc) is 1.02. The number of ether oxygens (including phenoxy) is 4. The first-order valence-corrected chi connectivity index (χ1v) is 33.3. The Balaban J connectivity index is 0. The van der Waals surface area contributed by atoms with Gasteiger partial charge in [-0.25, -0.2) is 4.79 Å². The third-order valence-corrected chi connectivity index (χ3v) is 15.5. The first kappa shape index (κ1) is 91.1. The smallest absolute Gasteiger partial charge is 0.410 e. The highest BCUT2D eigenvalue weighted by molar-refractivity contribution is 5.96. The quantitative estimate of drug-likeness (QED) is 0.0631. The summed E-state index contributed by atoms with van der Waals surface area (Å²) in [5.74, 6) is 1.63. The third kappa shape index (κ3) is 29.7. The van der Waals surface area contributed by atoms with Gasteiger partial charge in [-0.05, 0) is 210 Å². The second-order valence-electron chi connectivity index (χ2n) is 23.4. The number of morpholine rings is 1. The summed E-state index contributed by atoms with van der Waals surface area (Å²) >= 11 is 0. The molecule has 2 spiro atoms. The first-order valence-electron chi connectivity index (χ1n) is 33.3. The zero-order chi connectivity index (χ0) is 67.2. The van der Waals surface area contributed by atoms with Crippen molar-refractivity contribution in [1.29, 1.82) is 0 Å². The number of fused-ring (bicyclic) bond motifs is 2. The van der Waals surface area contributed by atoms with Crippen molar-refractivity contribution in [1.82, 2.24) is 47.4 Å². The van der Waals surface area contributed by atoms with Crippen molar-refractivity contribution in [3.05, 3.63) is 142 Å². The monoisotopic (exact) mass is 1350 g/mol. The number of carbonyl (C=O) groups is 3. The van der Waals surface area contributed by atoms with Crippen molar-refractivity contribution in [3.63, 3.8) is 0 Å². The van der Waals surface area contributed by atoms with Crippen LogP contribution in [0.5, 0.6) is 11.5 Å². The molecule has 4 saturated heterocycles. The van der Waals surface area contributed by atoms with E-state index in [9.17, 15) is 24.6 Å². The lowest BCUT2D eigenvalue weighted by Crippen LogP contribution is -2.50. The van der Waals surface area contributed by atoms with Gasteiger partial charge in [-0.2, -0.15) is 0 Å².